The Balaban J connectivity index is 1.39. The Bertz CT molecular complexity index is 1200. The summed E-state index contributed by atoms with van der Waals surface area (Å²) < 4.78 is 13.7. The Kier molecular flexibility index (Phi) is 6.70. The minimum absolute atomic E-state index is 0.0400. The number of nitrogens with one attached hydrogen (secondary N) is 1. The minimum Gasteiger partial charge on any atom is -0.492 e. The molecular formula is C26H27N3O3. The molecule has 0 unspecified atom stereocenters. The van der Waals surface area contributed by atoms with E-state index in [1.165, 1.54) is 0 Å². The number of fused-ring (bicyclic) bond motifs is 1. The van der Waals surface area contributed by atoms with Crippen LogP contribution in [0.5, 0.6) is 11.5 Å². The second-order valence-corrected chi connectivity index (χ2v) is 7.66. The van der Waals surface area contributed by atoms with Crippen LogP contribution in [0.4, 0.5) is 0 Å². The van der Waals surface area contributed by atoms with Gasteiger partial charge in [-0.3, -0.25) is 4.79 Å². The highest BCUT2D eigenvalue weighted by atomic mass is 16.5. The molecular weight excluding hydrogens is 402 g/mol. The van der Waals surface area contributed by atoms with Crippen molar-refractivity contribution in [1.82, 2.24) is 14.9 Å². The number of hydrogen-bond acceptors (Lipinski definition) is 4. The summed E-state index contributed by atoms with van der Waals surface area (Å²) in [5.41, 5.74) is 4.00. The van der Waals surface area contributed by atoms with Gasteiger partial charge >= 0.3 is 0 Å². The maximum atomic E-state index is 12.4. The average Bonchev–Trinajstić information content (AvgIpc) is 3.16. The van der Waals surface area contributed by atoms with Gasteiger partial charge < -0.3 is 19.4 Å². The van der Waals surface area contributed by atoms with Crippen LogP contribution in [0.15, 0.2) is 72.8 Å². The summed E-state index contributed by atoms with van der Waals surface area (Å²) in [6.07, 6.45) is 0. The number of benzene rings is 3. The SMILES string of the molecule is Cc1ccc(C)c(OCC(=O)NCc2nc3ccccc3n2CCOc2ccccc2)c1. The smallest absolute Gasteiger partial charge is 0.258 e. The highest BCUT2D eigenvalue weighted by molar-refractivity contribution is 5.78. The van der Waals surface area contributed by atoms with E-state index < -0.39 is 0 Å². The molecule has 1 N–H and O–H groups in total. The summed E-state index contributed by atoms with van der Waals surface area (Å²) in [5.74, 6) is 2.15. The first kappa shape index (κ1) is 21.4. The molecule has 0 fully saturated rings. The fourth-order valence-electron chi connectivity index (χ4n) is 3.52. The Morgan fingerprint density at radius 2 is 1.75 bits per heavy atom. The van der Waals surface area contributed by atoms with Crippen molar-refractivity contribution in [2.45, 2.75) is 26.9 Å². The van der Waals surface area contributed by atoms with Crippen molar-refractivity contribution < 1.29 is 14.3 Å². The van der Waals surface area contributed by atoms with E-state index in [0.29, 0.717) is 19.7 Å². The molecule has 0 spiro atoms. The molecule has 6 nitrogen and oxygen atoms in total. The molecule has 4 rings (SSSR count). The fourth-order valence-corrected chi connectivity index (χ4v) is 3.52. The van der Waals surface area contributed by atoms with Gasteiger partial charge in [-0.2, -0.15) is 0 Å². The molecule has 3 aromatic carbocycles. The molecule has 0 aliphatic rings. The van der Waals surface area contributed by atoms with E-state index in [2.05, 4.69) is 9.88 Å². The zero-order valence-electron chi connectivity index (χ0n) is 18.4. The Morgan fingerprint density at radius 1 is 0.969 bits per heavy atom. The van der Waals surface area contributed by atoms with Crippen LogP contribution in [0, 0.1) is 13.8 Å². The van der Waals surface area contributed by atoms with E-state index in [0.717, 1.165) is 39.5 Å². The van der Waals surface area contributed by atoms with Crippen molar-refractivity contribution in [3.63, 3.8) is 0 Å². The van der Waals surface area contributed by atoms with Crippen molar-refractivity contribution in [2.24, 2.45) is 0 Å². The van der Waals surface area contributed by atoms with Crippen LogP contribution in [0.25, 0.3) is 11.0 Å². The molecule has 4 aromatic rings. The monoisotopic (exact) mass is 429 g/mol. The van der Waals surface area contributed by atoms with Gasteiger partial charge in [0.1, 0.15) is 23.9 Å². The topological polar surface area (TPSA) is 65.4 Å². The summed E-state index contributed by atoms with van der Waals surface area (Å²) in [5, 5.41) is 2.92. The average molecular weight is 430 g/mol. The second-order valence-electron chi connectivity index (χ2n) is 7.66. The van der Waals surface area contributed by atoms with Gasteiger partial charge in [-0.1, -0.05) is 42.5 Å². The lowest BCUT2D eigenvalue weighted by Crippen LogP contribution is -2.30. The lowest BCUT2D eigenvalue weighted by atomic mass is 10.1. The molecule has 164 valence electrons. The number of imidazole rings is 1. The lowest BCUT2D eigenvalue weighted by Gasteiger charge is -2.12. The minimum atomic E-state index is -0.190. The normalized spacial score (nSPS) is 10.8. The number of amides is 1. The Labute approximate surface area is 187 Å². The number of carbonyl (C=O) groups excluding carboxylic acids is 1. The Hall–Kier alpha value is -3.80. The number of para-hydroxylation sites is 3. The van der Waals surface area contributed by atoms with Crippen molar-refractivity contribution in [1.29, 1.82) is 0 Å². The first-order valence-corrected chi connectivity index (χ1v) is 10.7. The van der Waals surface area contributed by atoms with E-state index in [4.69, 9.17) is 14.5 Å². The summed E-state index contributed by atoms with van der Waals surface area (Å²) >= 11 is 0. The van der Waals surface area contributed by atoms with Gasteiger partial charge in [0.15, 0.2) is 6.61 Å². The summed E-state index contributed by atoms with van der Waals surface area (Å²) in [4.78, 5) is 17.1. The number of aryl methyl sites for hydroxylation is 2. The van der Waals surface area contributed by atoms with E-state index in [9.17, 15) is 4.79 Å². The van der Waals surface area contributed by atoms with Crippen LogP contribution >= 0.6 is 0 Å². The predicted octanol–water partition coefficient (Wildman–Crippen LogP) is 4.43. The number of rotatable bonds is 9. The molecule has 1 heterocycles. The molecule has 0 saturated carbocycles. The predicted molar refractivity (Wildman–Crippen MR) is 125 cm³/mol. The third-order valence-corrected chi connectivity index (χ3v) is 5.21. The summed E-state index contributed by atoms with van der Waals surface area (Å²) in [7, 11) is 0. The van der Waals surface area contributed by atoms with E-state index in [1.807, 2.05) is 86.6 Å². The zero-order chi connectivity index (χ0) is 22.3. The second kappa shape index (κ2) is 10.0. The number of nitrogens with zero attached hydrogens (tertiary/aromatic N) is 2. The summed E-state index contributed by atoms with van der Waals surface area (Å²) in [6, 6.07) is 23.6. The summed E-state index contributed by atoms with van der Waals surface area (Å²) in [6.45, 7) is 5.36. The number of carbonyl (C=O) groups is 1. The third kappa shape index (κ3) is 5.27. The van der Waals surface area contributed by atoms with Gasteiger partial charge in [-0.15, -0.1) is 0 Å². The van der Waals surface area contributed by atoms with E-state index in [1.54, 1.807) is 0 Å². The van der Waals surface area contributed by atoms with E-state index >= 15 is 0 Å². The van der Waals surface area contributed by atoms with Gasteiger partial charge in [0, 0.05) is 0 Å². The molecule has 32 heavy (non-hydrogen) atoms. The van der Waals surface area contributed by atoms with Gasteiger partial charge in [0.05, 0.1) is 24.1 Å². The molecule has 0 saturated heterocycles. The molecule has 0 radical (unpaired) electrons. The van der Waals surface area contributed by atoms with Gasteiger partial charge in [0.25, 0.3) is 5.91 Å². The quantitative estimate of drug-likeness (QED) is 0.428. The van der Waals surface area contributed by atoms with Crippen LogP contribution < -0.4 is 14.8 Å². The molecule has 0 aliphatic heterocycles. The molecule has 0 atom stereocenters. The standard InChI is InChI=1S/C26H27N3O3/c1-19-12-13-20(2)24(16-19)32-18-26(30)27-17-25-28-22-10-6-7-11-23(22)29(25)14-15-31-21-8-4-3-5-9-21/h3-13,16H,14-15,17-18H2,1-2H3,(H,27,30). The molecule has 0 bridgehead atoms. The highest BCUT2D eigenvalue weighted by Gasteiger charge is 2.12. The Morgan fingerprint density at radius 3 is 2.59 bits per heavy atom. The van der Waals surface area contributed by atoms with E-state index in [-0.39, 0.29) is 12.5 Å². The lowest BCUT2D eigenvalue weighted by molar-refractivity contribution is -0.123. The van der Waals surface area contributed by atoms with Crippen LogP contribution in [-0.2, 0) is 17.9 Å². The van der Waals surface area contributed by atoms with Crippen molar-refractivity contribution >= 4 is 16.9 Å². The van der Waals surface area contributed by atoms with Crippen molar-refractivity contribution in [3.8, 4) is 11.5 Å². The van der Waals surface area contributed by atoms with Crippen molar-refractivity contribution in [3.05, 3.63) is 89.7 Å². The van der Waals surface area contributed by atoms with Gasteiger partial charge in [-0.05, 0) is 55.3 Å². The maximum Gasteiger partial charge on any atom is 0.258 e. The van der Waals surface area contributed by atoms with Crippen LogP contribution in [0.3, 0.4) is 0 Å². The first-order valence-electron chi connectivity index (χ1n) is 10.7. The largest absolute Gasteiger partial charge is 0.492 e. The molecule has 0 aliphatic carbocycles. The van der Waals surface area contributed by atoms with Crippen LogP contribution in [0.1, 0.15) is 17.0 Å². The maximum absolute atomic E-state index is 12.4. The molecule has 6 heteroatoms. The van der Waals surface area contributed by atoms with Crippen LogP contribution in [-0.4, -0.2) is 28.7 Å². The number of aromatic nitrogens is 2. The highest BCUT2D eigenvalue weighted by Crippen LogP contribution is 2.19. The first-order chi connectivity index (χ1) is 15.6. The molecule has 1 aromatic heterocycles. The number of ether oxygens (including phenoxy) is 2. The fraction of sp³-hybridized carbons (Fsp3) is 0.231. The third-order valence-electron chi connectivity index (χ3n) is 5.21. The molecule has 1 amide bonds. The van der Waals surface area contributed by atoms with Gasteiger partial charge in [0.2, 0.25) is 0 Å². The number of hydrogen-bond donors (Lipinski definition) is 1. The van der Waals surface area contributed by atoms with Gasteiger partial charge in [-0.25, -0.2) is 4.98 Å². The van der Waals surface area contributed by atoms with Crippen molar-refractivity contribution in [2.75, 3.05) is 13.2 Å². The zero-order valence-corrected chi connectivity index (χ0v) is 18.4. The van der Waals surface area contributed by atoms with Crippen LogP contribution in [0.2, 0.25) is 0 Å².